The molecule has 1 aromatic carbocycles. The molecule has 0 bridgehead atoms. The lowest BCUT2D eigenvalue weighted by atomic mass is 9.80. The zero-order valence-electron chi connectivity index (χ0n) is 14.5. The predicted octanol–water partition coefficient (Wildman–Crippen LogP) is 4.52. The minimum atomic E-state index is -1.25. The van der Waals surface area contributed by atoms with Crippen molar-refractivity contribution < 1.29 is 14.6 Å². The zero-order valence-corrected chi connectivity index (χ0v) is 14.5. The second kappa shape index (κ2) is 5.36. The number of hydrogen-bond acceptors (Lipinski definition) is 2. The van der Waals surface area contributed by atoms with Crippen LogP contribution in [0.5, 0.6) is 5.75 Å². The van der Waals surface area contributed by atoms with E-state index in [1.54, 1.807) is 13.8 Å². The second-order valence-corrected chi connectivity index (χ2v) is 8.13. The van der Waals surface area contributed by atoms with Crippen LogP contribution in [0, 0.1) is 0 Å². The van der Waals surface area contributed by atoms with Crippen molar-refractivity contribution in [3.63, 3.8) is 0 Å². The Morgan fingerprint density at radius 3 is 1.86 bits per heavy atom. The van der Waals surface area contributed by atoms with Crippen molar-refractivity contribution in [2.75, 3.05) is 0 Å². The third kappa shape index (κ3) is 4.23. The molecule has 1 rings (SSSR count). The van der Waals surface area contributed by atoms with Crippen molar-refractivity contribution in [3.05, 3.63) is 29.3 Å². The Bertz CT molecular complexity index is 528. The highest BCUT2D eigenvalue weighted by Crippen LogP contribution is 2.36. The molecule has 3 nitrogen and oxygen atoms in total. The number of hydrogen-bond donors (Lipinski definition) is 1. The van der Waals surface area contributed by atoms with Crippen molar-refractivity contribution in [2.45, 2.75) is 71.8 Å². The minimum Gasteiger partial charge on any atom is -0.478 e. The molecular weight excluding hydrogens is 264 g/mol. The summed E-state index contributed by atoms with van der Waals surface area (Å²) >= 11 is 0. The van der Waals surface area contributed by atoms with E-state index in [0.717, 1.165) is 5.56 Å². The SMILES string of the molecule is CC(C)(Oc1ccc(C(C)(C)C)cc1C(C)(C)C)C(=O)O. The fraction of sp³-hybridized carbons (Fsp3) is 0.611. The molecule has 118 valence electrons. The minimum absolute atomic E-state index is 0.0425. The summed E-state index contributed by atoms with van der Waals surface area (Å²) in [5.74, 6) is -0.329. The fourth-order valence-corrected chi connectivity index (χ4v) is 1.99. The third-order valence-corrected chi connectivity index (χ3v) is 3.53. The fourth-order valence-electron chi connectivity index (χ4n) is 1.99. The van der Waals surface area contributed by atoms with E-state index in [1.807, 2.05) is 12.1 Å². The van der Waals surface area contributed by atoms with Gasteiger partial charge in [0, 0.05) is 0 Å². The lowest BCUT2D eigenvalue weighted by molar-refractivity contribution is -0.152. The van der Waals surface area contributed by atoms with Gasteiger partial charge in [0.2, 0.25) is 0 Å². The van der Waals surface area contributed by atoms with Gasteiger partial charge in [0.25, 0.3) is 0 Å². The number of aliphatic carboxylic acids is 1. The molecule has 0 aromatic heterocycles. The van der Waals surface area contributed by atoms with Crippen molar-refractivity contribution in [1.82, 2.24) is 0 Å². The van der Waals surface area contributed by atoms with Gasteiger partial charge in [-0.15, -0.1) is 0 Å². The van der Waals surface area contributed by atoms with E-state index in [4.69, 9.17) is 4.74 Å². The molecule has 0 amide bonds. The summed E-state index contributed by atoms with van der Waals surface area (Å²) in [5, 5.41) is 9.26. The Balaban J connectivity index is 3.37. The van der Waals surface area contributed by atoms with E-state index in [9.17, 15) is 9.90 Å². The first-order chi connectivity index (χ1) is 9.25. The normalized spacial score (nSPS) is 13.1. The molecule has 21 heavy (non-hydrogen) atoms. The molecule has 0 fully saturated rings. The Labute approximate surface area is 128 Å². The first-order valence-electron chi connectivity index (χ1n) is 7.32. The molecule has 0 atom stereocenters. The van der Waals surface area contributed by atoms with E-state index >= 15 is 0 Å². The Morgan fingerprint density at radius 2 is 1.48 bits per heavy atom. The van der Waals surface area contributed by atoms with Crippen LogP contribution in [-0.2, 0) is 15.6 Å². The summed E-state index contributed by atoms with van der Waals surface area (Å²) in [6.07, 6.45) is 0. The molecule has 1 aromatic rings. The topological polar surface area (TPSA) is 46.5 Å². The molecule has 0 aliphatic rings. The van der Waals surface area contributed by atoms with Crippen LogP contribution in [0.2, 0.25) is 0 Å². The molecule has 0 heterocycles. The molecule has 0 saturated carbocycles. The highest BCUT2D eigenvalue weighted by molar-refractivity contribution is 5.76. The maximum absolute atomic E-state index is 11.3. The number of rotatable bonds is 3. The standard InChI is InChI=1S/C18H28O3/c1-16(2,3)12-9-10-14(13(11-12)17(4,5)6)21-18(7,8)15(19)20/h9-11H,1-8H3,(H,19,20). The number of carboxylic acids is 1. The van der Waals surface area contributed by atoms with Gasteiger partial charge in [0.05, 0.1) is 0 Å². The van der Waals surface area contributed by atoms with Crippen molar-refractivity contribution in [2.24, 2.45) is 0 Å². The van der Waals surface area contributed by atoms with Gasteiger partial charge in [-0.25, -0.2) is 4.79 Å². The van der Waals surface area contributed by atoms with Crippen LogP contribution < -0.4 is 4.74 Å². The zero-order chi connectivity index (χ0) is 16.6. The second-order valence-electron chi connectivity index (χ2n) is 8.13. The molecular formula is C18H28O3. The summed E-state index contributed by atoms with van der Waals surface area (Å²) in [7, 11) is 0. The number of carboxylic acid groups (broad SMARTS) is 1. The van der Waals surface area contributed by atoms with Crippen molar-refractivity contribution in [3.8, 4) is 5.75 Å². The molecule has 0 spiro atoms. The molecule has 0 radical (unpaired) electrons. The lowest BCUT2D eigenvalue weighted by Crippen LogP contribution is -2.38. The van der Waals surface area contributed by atoms with Crippen molar-refractivity contribution >= 4 is 5.97 Å². The molecule has 0 aliphatic heterocycles. The molecule has 3 heteroatoms. The van der Waals surface area contributed by atoms with Crippen LogP contribution in [-0.4, -0.2) is 16.7 Å². The van der Waals surface area contributed by atoms with E-state index in [0.29, 0.717) is 5.75 Å². The number of carbonyl (C=O) groups is 1. The average Bonchev–Trinajstić information content (AvgIpc) is 2.25. The summed E-state index contributed by atoms with van der Waals surface area (Å²) in [6, 6.07) is 6.04. The largest absolute Gasteiger partial charge is 0.478 e. The summed E-state index contributed by atoms with van der Waals surface area (Å²) < 4.78 is 5.79. The summed E-state index contributed by atoms with van der Waals surface area (Å²) in [6.45, 7) is 15.9. The molecule has 1 N–H and O–H groups in total. The van der Waals surface area contributed by atoms with Gasteiger partial charge >= 0.3 is 5.97 Å². The molecule has 0 saturated heterocycles. The first-order valence-corrected chi connectivity index (χ1v) is 7.32. The summed E-state index contributed by atoms with van der Waals surface area (Å²) in [5.41, 5.74) is 0.923. The van der Waals surface area contributed by atoms with Gasteiger partial charge in [0.1, 0.15) is 5.75 Å². The average molecular weight is 292 g/mol. The van der Waals surface area contributed by atoms with Gasteiger partial charge in [0.15, 0.2) is 5.60 Å². The number of benzene rings is 1. The first kappa shape index (κ1) is 17.5. The van der Waals surface area contributed by atoms with Gasteiger partial charge in [-0.2, -0.15) is 0 Å². The van der Waals surface area contributed by atoms with Gasteiger partial charge in [-0.3, -0.25) is 0 Å². The highest BCUT2D eigenvalue weighted by atomic mass is 16.5. The molecule has 0 unspecified atom stereocenters. The number of ether oxygens (including phenoxy) is 1. The Morgan fingerprint density at radius 1 is 0.952 bits per heavy atom. The maximum Gasteiger partial charge on any atom is 0.347 e. The van der Waals surface area contributed by atoms with Crippen LogP contribution >= 0.6 is 0 Å². The van der Waals surface area contributed by atoms with Gasteiger partial charge in [-0.1, -0.05) is 53.7 Å². The van der Waals surface area contributed by atoms with Crippen LogP contribution in [0.15, 0.2) is 18.2 Å². The Kier molecular flexibility index (Phi) is 4.48. The van der Waals surface area contributed by atoms with Crippen molar-refractivity contribution in [1.29, 1.82) is 0 Å². The Hall–Kier alpha value is -1.51. The van der Waals surface area contributed by atoms with Crippen LogP contribution in [0.4, 0.5) is 0 Å². The summed E-state index contributed by atoms with van der Waals surface area (Å²) in [4.78, 5) is 11.3. The lowest BCUT2D eigenvalue weighted by Gasteiger charge is -2.30. The van der Waals surface area contributed by atoms with Crippen LogP contribution in [0.1, 0.15) is 66.5 Å². The third-order valence-electron chi connectivity index (χ3n) is 3.53. The maximum atomic E-state index is 11.3. The quantitative estimate of drug-likeness (QED) is 0.890. The van der Waals surface area contributed by atoms with E-state index < -0.39 is 11.6 Å². The molecule has 0 aliphatic carbocycles. The van der Waals surface area contributed by atoms with E-state index in [-0.39, 0.29) is 10.8 Å². The van der Waals surface area contributed by atoms with Crippen LogP contribution in [0.3, 0.4) is 0 Å². The van der Waals surface area contributed by atoms with E-state index in [2.05, 4.69) is 47.6 Å². The monoisotopic (exact) mass is 292 g/mol. The highest BCUT2D eigenvalue weighted by Gasteiger charge is 2.32. The van der Waals surface area contributed by atoms with E-state index in [1.165, 1.54) is 5.56 Å². The van der Waals surface area contributed by atoms with Gasteiger partial charge in [-0.05, 0) is 41.9 Å². The van der Waals surface area contributed by atoms with Gasteiger partial charge < -0.3 is 9.84 Å². The smallest absolute Gasteiger partial charge is 0.347 e. The predicted molar refractivity (Wildman–Crippen MR) is 86.2 cm³/mol. The van der Waals surface area contributed by atoms with Crippen LogP contribution in [0.25, 0.3) is 0 Å².